The number of nitrogens with one attached hydrogen (secondary N) is 1. The van der Waals surface area contributed by atoms with Gasteiger partial charge in [-0.05, 0) is 25.5 Å². The maximum atomic E-state index is 4.28. The summed E-state index contributed by atoms with van der Waals surface area (Å²) >= 11 is 0. The van der Waals surface area contributed by atoms with Crippen LogP contribution in [0.2, 0.25) is 0 Å². The third kappa shape index (κ3) is 2.07. The SMILES string of the molecule is CCn1cc(NCc2c(C)c3ccccc3n2C)cn1. The molecule has 0 aliphatic rings. The summed E-state index contributed by atoms with van der Waals surface area (Å²) in [5, 5.41) is 9.07. The number of fused-ring (bicyclic) bond motifs is 1. The molecule has 0 amide bonds. The zero-order chi connectivity index (χ0) is 14.1. The summed E-state index contributed by atoms with van der Waals surface area (Å²) in [4.78, 5) is 0. The van der Waals surface area contributed by atoms with Crippen molar-refractivity contribution in [2.24, 2.45) is 7.05 Å². The standard InChI is InChI=1S/C16H20N4/c1-4-20-11-13(9-18-20)17-10-16-12(2)14-7-5-6-8-15(14)19(16)3/h5-9,11,17H,4,10H2,1-3H3. The molecule has 0 saturated carbocycles. The van der Waals surface area contributed by atoms with Crippen molar-refractivity contribution in [2.45, 2.75) is 26.9 Å². The van der Waals surface area contributed by atoms with Gasteiger partial charge in [0, 0.05) is 36.4 Å². The number of aryl methyl sites for hydroxylation is 3. The molecule has 0 bridgehead atoms. The molecule has 3 aromatic rings. The lowest BCUT2D eigenvalue weighted by atomic mass is 10.1. The highest BCUT2D eigenvalue weighted by Crippen LogP contribution is 2.24. The van der Waals surface area contributed by atoms with E-state index in [1.54, 1.807) is 0 Å². The number of benzene rings is 1. The Kier molecular flexibility index (Phi) is 3.22. The molecule has 0 aliphatic heterocycles. The van der Waals surface area contributed by atoms with Crippen LogP contribution in [0.4, 0.5) is 5.69 Å². The highest BCUT2D eigenvalue weighted by molar-refractivity contribution is 5.85. The zero-order valence-electron chi connectivity index (χ0n) is 12.2. The third-order valence-corrected chi connectivity index (χ3v) is 3.92. The summed E-state index contributed by atoms with van der Waals surface area (Å²) in [5.74, 6) is 0. The van der Waals surface area contributed by atoms with E-state index >= 15 is 0 Å². The van der Waals surface area contributed by atoms with Crippen LogP contribution in [0.1, 0.15) is 18.2 Å². The van der Waals surface area contributed by atoms with E-state index in [1.807, 2.05) is 17.1 Å². The van der Waals surface area contributed by atoms with E-state index < -0.39 is 0 Å². The van der Waals surface area contributed by atoms with Crippen LogP contribution in [0.25, 0.3) is 10.9 Å². The van der Waals surface area contributed by atoms with E-state index in [1.165, 1.54) is 22.2 Å². The van der Waals surface area contributed by atoms with Gasteiger partial charge < -0.3 is 9.88 Å². The summed E-state index contributed by atoms with van der Waals surface area (Å²) in [6.07, 6.45) is 3.92. The molecule has 0 fully saturated rings. The number of hydrogen-bond acceptors (Lipinski definition) is 2. The van der Waals surface area contributed by atoms with Crippen molar-refractivity contribution in [3.8, 4) is 0 Å². The molecule has 1 aromatic carbocycles. The van der Waals surface area contributed by atoms with Gasteiger partial charge in [-0.25, -0.2) is 0 Å². The Labute approximate surface area is 119 Å². The Morgan fingerprint density at radius 2 is 2.05 bits per heavy atom. The van der Waals surface area contributed by atoms with Crippen molar-refractivity contribution in [2.75, 3.05) is 5.32 Å². The van der Waals surface area contributed by atoms with Gasteiger partial charge in [-0.2, -0.15) is 5.10 Å². The van der Waals surface area contributed by atoms with Crippen molar-refractivity contribution in [3.05, 3.63) is 47.9 Å². The first-order valence-electron chi connectivity index (χ1n) is 7.00. The minimum atomic E-state index is 0.812. The topological polar surface area (TPSA) is 34.8 Å². The molecule has 20 heavy (non-hydrogen) atoms. The van der Waals surface area contributed by atoms with Gasteiger partial charge in [0.1, 0.15) is 0 Å². The Bertz CT molecular complexity index is 697. The molecule has 0 radical (unpaired) electrons. The molecule has 0 atom stereocenters. The van der Waals surface area contributed by atoms with Gasteiger partial charge >= 0.3 is 0 Å². The van der Waals surface area contributed by atoms with Crippen LogP contribution in [0.3, 0.4) is 0 Å². The summed E-state index contributed by atoms with van der Waals surface area (Å²) in [5.41, 5.74) is 5.01. The lowest BCUT2D eigenvalue weighted by Crippen LogP contribution is -2.05. The fourth-order valence-electron chi connectivity index (χ4n) is 2.70. The van der Waals surface area contributed by atoms with Crippen LogP contribution in [-0.4, -0.2) is 14.3 Å². The van der Waals surface area contributed by atoms with Gasteiger partial charge in [0.2, 0.25) is 0 Å². The number of hydrogen-bond donors (Lipinski definition) is 1. The molecule has 4 nitrogen and oxygen atoms in total. The van der Waals surface area contributed by atoms with Gasteiger partial charge in [0.15, 0.2) is 0 Å². The average Bonchev–Trinajstić information content (AvgIpc) is 3.03. The van der Waals surface area contributed by atoms with E-state index in [4.69, 9.17) is 0 Å². The normalized spacial score (nSPS) is 11.2. The quantitative estimate of drug-likeness (QED) is 0.787. The molecule has 2 aromatic heterocycles. The minimum absolute atomic E-state index is 0.812. The number of anilines is 1. The predicted molar refractivity (Wildman–Crippen MR) is 82.9 cm³/mol. The first-order chi connectivity index (χ1) is 9.70. The number of aromatic nitrogens is 3. The van der Waals surface area contributed by atoms with E-state index in [9.17, 15) is 0 Å². The highest BCUT2D eigenvalue weighted by Gasteiger charge is 2.10. The first-order valence-corrected chi connectivity index (χ1v) is 7.00. The summed E-state index contributed by atoms with van der Waals surface area (Å²) in [6, 6.07) is 8.53. The van der Waals surface area contributed by atoms with Crippen molar-refractivity contribution in [1.82, 2.24) is 14.3 Å². The fourth-order valence-corrected chi connectivity index (χ4v) is 2.70. The van der Waals surface area contributed by atoms with Gasteiger partial charge in [-0.3, -0.25) is 4.68 Å². The minimum Gasteiger partial charge on any atom is -0.377 e. The molecule has 0 aliphatic carbocycles. The number of para-hydroxylation sites is 1. The van der Waals surface area contributed by atoms with Gasteiger partial charge in [-0.1, -0.05) is 18.2 Å². The Hall–Kier alpha value is -2.23. The molecule has 0 spiro atoms. The van der Waals surface area contributed by atoms with Crippen molar-refractivity contribution >= 4 is 16.6 Å². The Morgan fingerprint density at radius 3 is 2.75 bits per heavy atom. The second-order valence-corrected chi connectivity index (χ2v) is 5.09. The van der Waals surface area contributed by atoms with Crippen LogP contribution >= 0.6 is 0 Å². The predicted octanol–water partition coefficient (Wildman–Crippen LogP) is 3.32. The summed E-state index contributed by atoms with van der Waals surface area (Å²) < 4.78 is 4.19. The van der Waals surface area contributed by atoms with E-state index in [2.05, 4.69) is 60.1 Å². The summed E-state index contributed by atoms with van der Waals surface area (Å²) in [6.45, 7) is 5.99. The van der Waals surface area contributed by atoms with Crippen LogP contribution in [0.5, 0.6) is 0 Å². The van der Waals surface area contributed by atoms with Crippen LogP contribution in [0.15, 0.2) is 36.7 Å². The molecule has 4 heteroatoms. The van der Waals surface area contributed by atoms with E-state index in [0.29, 0.717) is 0 Å². The van der Waals surface area contributed by atoms with Gasteiger partial charge in [0.05, 0.1) is 18.4 Å². The number of nitrogens with zero attached hydrogens (tertiary/aromatic N) is 3. The Morgan fingerprint density at radius 1 is 1.25 bits per heavy atom. The largest absolute Gasteiger partial charge is 0.377 e. The second-order valence-electron chi connectivity index (χ2n) is 5.09. The van der Waals surface area contributed by atoms with Gasteiger partial charge in [-0.15, -0.1) is 0 Å². The maximum absolute atomic E-state index is 4.28. The monoisotopic (exact) mass is 268 g/mol. The molecular formula is C16H20N4. The fraction of sp³-hybridized carbons (Fsp3) is 0.312. The van der Waals surface area contributed by atoms with Crippen LogP contribution in [-0.2, 0) is 20.1 Å². The smallest absolute Gasteiger partial charge is 0.0729 e. The second kappa shape index (κ2) is 5.04. The molecule has 1 N–H and O–H groups in total. The lowest BCUT2D eigenvalue weighted by Gasteiger charge is -2.07. The first kappa shape index (κ1) is 12.8. The molecule has 3 rings (SSSR count). The molecule has 2 heterocycles. The highest BCUT2D eigenvalue weighted by atomic mass is 15.3. The van der Waals surface area contributed by atoms with Gasteiger partial charge in [0.25, 0.3) is 0 Å². The molecular weight excluding hydrogens is 248 g/mol. The third-order valence-electron chi connectivity index (χ3n) is 3.92. The van der Waals surface area contributed by atoms with E-state index in [0.717, 1.165) is 18.8 Å². The zero-order valence-corrected chi connectivity index (χ0v) is 12.2. The molecule has 0 unspecified atom stereocenters. The van der Waals surface area contributed by atoms with Crippen LogP contribution < -0.4 is 5.32 Å². The lowest BCUT2D eigenvalue weighted by molar-refractivity contribution is 0.660. The van der Waals surface area contributed by atoms with Crippen molar-refractivity contribution in [3.63, 3.8) is 0 Å². The molecule has 0 saturated heterocycles. The average molecular weight is 268 g/mol. The Balaban J connectivity index is 1.87. The van der Waals surface area contributed by atoms with E-state index in [-0.39, 0.29) is 0 Å². The van der Waals surface area contributed by atoms with Crippen molar-refractivity contribution < 1.29 is 0 Å². The van der Waals surface area contributed by atoms with Crippen LogP contribution in [0, 0.1) is 6.92 Å². The van der Waals surface area contributed by atoms with Crippen molar-refractivity contribution in [1.29, 1.82) is 0 Å². The number of rotatable bonds is 4. The summed E-state index contributed by atoms with van der Waals surface area (Å²) in [7, 11) is 2.13. The maximum Gasteiger partial charge on any atom is 0.0729 e. The molecule has 104 valence electrons.